The van der Waals surface area contributed by atoms with Crippen LogP contribution in [0.3, 0.4) is 0 Å². The highest BCUT2D eigenvalue weighted by molar-refractivity contribution is 9.10. The molecule has 20 heavy (non-hydrogen) atoms. The lowest BCUT2D eigenvalue weighted by Crippen LogP contribution is -2.15. The molecule has 0 amide bonds. The van der Waals surface area contributed by atoms with Gasteiger partial charge >= 0.3 is 0 Å². The van der Waals surface area contributed by atoms with E-state index in [1.54, 1.807) is 42.5 Å². The fourth-order valence-electron chi connectivity index (χ4n) is 1.61. The van der Waals surface area contributed by atoms with Crippen molar-refractivity contribution in [1.82, 2.24) is 0 Å². The largest absolute Gasteiger partial charge is 0.399 e. The average molecular weight is 376 g/mol. The van der Waals surface area contributed by atoms with E-state index in [0.29, 0.717) is 22.0 Å². The Morgan fingerprint density at radius 1 is 1.15 bits per heavy atom. The third kappa shape index (κ3) is 4.13. The summed E-state index contributed by atoms with van der Waals surface area (Å²) in [4.78, 5) is 0. The minimum absolute atomic E-state index is 0.139. The van der Waals surface area contributed by atoms with E-state index in [2.05, 4.69) is 20.7 Å². The minimum atomic E-state index is -3.53. The summed E-state index contributed by atoms with van der Waals surface area (Å²) < 4.78 is 27.4. The maximum absolute atomic E-state index is 12.1. The van der Waals surface area contributed by atoms with Gasteiger partial charge in [0.15, 0.2) is 0 Å². The first-order chi connectivity index (χ1) is 9.35. The first-order valence-corrected chi connectivity index (χ1v) is 8.48. The maximum atomic E-state index is 12.1. The van der Waals surface area contributed by atoms with Gasteiger partial charge in [0.25, 0.3) is 0 Å². The third-order valence-electron chi connectivity index (χ3n) is 2.53. The number of hydrogen-bond acceptors (Lipinski definition) is 3. The second kappa shape index (κ2) is 6.03. The molecule has 0 unspecified atom stereocenters. The van der Waals surface area contributed by atoms with Crippen LogP contribution in [0.2, 0.25) is 5.02 Å². The van der Waals surface area contributed by atoms with Crippen LogP contribution in [-0.2, 0) is 15.8 Å². The molecular weight excluding hydrogens is 364 g/mol. The van der Waals surface area contributed by atoms with E-state index in [9.17, 15) is 8.42 Å². The number of nitrogens with two attached hydrogens (primary N) is 1. The van der Waals surface area contributed by atoms with Crippen molar-refractivity contribution < 1.29 is 8.42 Å². The summed E-state index contributed by atoms with van der Waals surface area (Å²) >= 11 is 9.25. The normalized spacial score (nSPS) is 11.3. The highest BCUT2D eigenvalue weighted by Crippen LogP contribution is 2.27. The number of nitrogens with one attached hydrogen (secondary N) is 1. The van der Waals surface area contributed by atoms with Gasteiger partial charge in [-0.05, 0) is 35.9 Å². The summed E-state index contributed by atoms with van der Waals surface area (Å²) in [5.41, 5.74) is 7.16. The lowest BCUT2D eigenvalue weighted by Gasteiger charge is -2.10. The van der Waals surface area contributed by atoms with Crippen molar-refractivity contribution in [3.8, 4) is 0 Å². The van der Waals surface area contributed by atoms with Crippen molar-refractivity contribution in [3.05, 3.63) is 57.5 Å². The fourth-order valence-corrected chi connectivity index (χ4v) is 3.60. The molecule has 3 N–H and O–H groups in total. The Balaban J connectivity index is 2.17. The highest BCUT2D eigenvalue weighted by atomic mass is 79.9. The number of sulfonamides is 1. The molecule has 2 aromatic rings. The second-order valence-electron chi connectivity index (χ2n) is 4.23. The Hall–Kier alpha value is -1.24. The van der Waals surface area contributed by atoms with Crippen LogP contribution in [0.15, 0.2) is 46.9 Å². The molecule has 0 aromatic heterocycles. The molecule has 0 aliphatic heterocycles. The molecule has 7 heteroatoms. The van der Waals surface area contributed by atoms with Crippen molar-refractivity contribution in [3.63, 3.8) is 0 Å². The van der Waals surface area contributed by atoms with Gasteiger partial charge in [-0.1, -0.05) is 39.7 Å². The topological polar surface area (TPSA) is 72.2 Å². The van der Waals surface area contributed by atoms with Gasteiger partial charge in [-0.15, -0.1) is 0 Å². The van der Waals surface area contributed by atoms with Crippen molar-refractivity contribution in [1.29, 1.82) is 0 Å². The molecule has 0 aliphatic rings. The van der Waals surface area contributed by atoms with Crippen LogP contribution >= 0.6 is 27.5 Å². The Kier molecular flexibility index (Phi) is 4.57. The van der Waals surface area contributed by atoms with Gasteiger partial charge in [0.1, 0.15) is 0 Å². The molecule has 0 saturated heterocycles. The van der Waals surface area contributed by atoms with Crippen LogP contribution < -0.4 is 10.5 Å². The molecule has 106 valence electrons. The minimum Gasteiger partial charge on any atom is -0.399 e. The highest BCUT2D eigenvalue weighted by Gasteiger charge is 2.13. The lowest BCUT2D eigenvalue weighted by molar-refractivity contribution is 0.600. The molecule has 0 saturated carbocycles. The SMILES string of the molecule is Nc1ccc(CS(=O)(=O)Nc2ccc(Br)cc2Cl)cc1. The summed E-state index contributed by atoms with van der Waals surface area (Å²) in [6, 6.07) is 11.6. The molecule has 0 spiro atoms. The summed E-state index contributed by atoms with van der Waals surface area (Å²) in [6.45, 7) is 0. The molecule has 0 heterocycles. The van der Waals surface area contributed by atoms with E-state index in [-0.39, 0.29) is 5.75 Å². The predicted octanol–water partition coefficient (Wildman–Crippen LogP) is 3.63. The van der Waals surface area contributed by atoms with Gasteiger partial charge in [0.05, 0.1) is 16.5 Å². The summed E-state index contributed by atoms with van der Waals surface area (Å²) in [7, 11) is -3.53. The average Bonchev–Trinajstić information content (AvgIpc) is 2.35. The van der Waals surface area contributed by atoms with Gasteiger partial charge in [-0.3, -0.25) is 4.72 Å². The molecule has 0 atom stereocenters. The van der Waals surface area contributed by atoms with Gasteiger partial charge in [-0.25, -0.2) is 8.42 Å². The predicted molar refractivity (Wildman–Crippen MR) is 86.3 cm³/mol. The standard InChI is InChI=1S/C13H12BrClN2O2S/c14-10-3-6-13(12(15)7-10)17-20(18,19)8-9-1-4-11(16)5-2-9/h1-7,17H,8,16H2. The van der Waals surface area contributed by atoms with E-state index in [0.717, 1.165) is 4.47 Å². The van der Waals surface area contributed by atoms with Gasteiger partial charge in [0.2, 0.25) is 10.0 Å². The van der Waals surface area contributed by atoms with Gasteiger partial charge in [-0.2, -0.15) is 0 Å². The van der Waals surface area contributed by atoms with Crippen LogP contribution in [0.1, 0.15) is 5.56 Å². The van der Waals surface area contributed by atoms with E-state index in [1.165, 1.54) is 0 Å². The van der Waals surface area contributed by atoms with E-state index >= 15 is 0 Å². The van der Waals surface area contributed by atoms with Crippen LogP contribution in [0.25, 0.3) is 0 Å². The van der Waals surface area contributed by atoms with Crippen LogP contribution in [0.4, 0.5) is 11.4 Å². The molecule has 0 radical (unpaired) electrons. The molecule has 0 bridgehead atoms. The maximum Gasteiger partial charge on any atom is 0.236 e. The van der Waals surface area contributed by atoms with Crippen LogP contribution in [-0.4, -0.2) is 8.42 Å². The Bertz CT molecular complexity index is 718. The molecule has 2 aromatic carbocycles. The lowest BCUT2D eigenvalue weighted by atomic mass is 10.2. The fraction of sp³-hybridized carbons (Fsp3) is 0.0769. The zero-order chi connectivity index (χ0) is 14.8. The summed E-state index contributed by atoms with van der Waals surface area (Å²) in [5, 5.41) is 0.334. The van der Waals surface area contributed by atoms with E-state index in [4.69, 9.17) is 17.3 Å². The third-order valence-corrected chi connectivity index (χ3v) is 4.58. The molecule has 4 nitrogen and oxygen atoms in total. The zero-order valence-electron chi connectivity index (χ0n) is 10.3. The number of nitrogen functional groups attached to an aromatic ring is 1. The first kappa shape index (κ1) is 15.2. The van der Waals surface area contributed by atoms with Crippen molar-refractivity contribution in [2.45, 2.75) is 5.75 Å². The van der Waals surface area contributed by atoms with E-state index < -0.39 is 10.0 Å². The van der Waals surface area contributed by atoms with Crippen molar-refractivity contribution in [2.24, 2.45) is 0 Å². The van der Waals surface area contributed by atoms with E-state index in [1.807, 2.05) is 0 Å². The molecule has 0 fully saturated rings. The van der Waals surface area contributed by atoms with Crippen LogP contribution in [0.5, 0.6) is 0 Å². The van der Waals surface area contributed by atoms with Gasteiger partial charge in [0, 0.05) is 10.2 Å². The second-order valence-corrected chi connectivity index (χ2v) is 7.27. The van der Waals surface area contributed by atoms with Crippen molar-refractivity contribution in [2.75, 3.05) is 10.5 Å². The Morgan fingerprint density at radius 2 is 1.80 bits per heavy atom. The Morgan fingerprint density at radius 3 is 2.40 bits per heavy atom. The number of anilines is 2. The smallest absolute Gasteiger partial charge is 0.236 e. The number of benzene rings is 2. The molecule has 0 aliphatic carbocycles. The number of rotatable bonds is 4. The molecule has 2 rings (SSSR count). The summed E-state index contributed by atoms with van der Waals surface area (Å²) in [6.07, 6.45) is 0. The summed E-state index contributed by atoms with van der Waals surface area (Å²) in [5.74, 6) is -0.139. The monoisotopic (exact) mass is 374 g/mol. The Labute approximate surface area is 131 Å². The quantitative estimate of drug-likeness (QED) is 0.802. The number of hydrogen-bond donors (Lipinski definition) is 2. The number of halogens is 2. The van der Waals surface area contributed by atoms with Crippen LogP contribution in [0, 0.1) is 0 Å². The molecular formula is C13H12BrClN2O2S. The van der Waals surface area contributed by atoms with Crippen molar-refractivity contribution >= 4 is 48.9 Å². The first-order valence-electron chi connectivity index (χ1n) is 5.66. The van der Waals surface area contributed by atoms with Gasteiger partial charge < -0.3 is 5.73 Å². The zero-order valence-corrected chi connectivity index (χ0v) is 13.5.